The SMILES string of the molecule is CCNC(=S)Nc1scc(-c2cccs2)c1C(=O)OCC. The summed E-state index contributed by atoms with van der Waals surface area (Å²) in [5, 5.41) is 11.2. The van der Waals surface area contributed by atoms with E-state index in [-0.39, 0.29) is 5.97 Å². The van der Waals surface area contributed by atoms with E-state index >= 15 is 0 Å². The summed E-state index contributed by atoms with van der Waals surface area (Å²) in [6, 6.07) is 3.95. The molecule has 112 valence electrons. The van der Waals surface area contributed by atoms with E-state index in [4.69, 9.17) is 17.0 Å². The number of thiophene rings is 2. The normalized spacial score (nSPS) is 10.2. The molecule has 0 saturated heterocycles. The number of thiocarbonyl (C=S) groups is 1. The zero-order valence-corrected chi connectivity index (χ0v) is 14.2. The Morgan fingerprint density at radius 2 is 2.19 bits per heavy atom. The molecule has 21 heavy (non-hydrogen) atoms. The van der Waals surface area contributed by atoms with E-state index in [1.54, 1.807) is 18.3 Å². The van der Waals surface area contributed by atoms with E-state index in [1.165, 1.54) is 11.3 Å². The number of hydrogen-bond acceptors (Lipinski definition) is 5. The Labute approximate surface area is 137 Å². The monoisotopic (exact) mass is 340 g/mol. The number of rotatable bonds is 5. The van der Waals surface area contributed by atoms with Crippen LogP contribution in [0.2, 0.25) is 0 Å². The molecule has 0 fully saturated rings. The van der Waals surface area contributed by atoms with Crippen LogP contribution in [0.5, 0.6) is 0 Å². The van der Waals surface area contributed by atoms with Crippen molar-refractivity contribution in [2.75, 3.05) is 18.5 Å². The molecule has 0 aliphatic heterocycles. The molecule has 0 amide bonds. The molecule has 0 atom stereocenters. The summed E-state index contributed by atoms with van der Waals surface area (Å²) in [6.07, 6.45) is 0. The number of ether oxygens (including phenoxy) is 1. The van der Waals surface area contributed by atoms with Gasteiger partial charge in [-0.2, -0.15) is 0 Å². The van der Waals surface area contributed by atoms with Gasteiger partial charge in [0.05, 0.1) is 6.61 Å². The molecule has 0 aliphatic rings. The summed E-state index contributed by atoms with van der Waals surface area (Å²) in [4.78, 5) is 13.3. The minimum Gasteiger partial charge on any atom is -0.462 e. The van der Waals surface area contributed by atoms with Gasteiger partial charge in [-0.1, -0.05) is 6.07 Å². The fourth-order valence-corrected chi connectivity index (χ4v) is 3.86. The summed E-state index contributed by atoms with van der Waals surface area (Å²) in [5.41, 5.74) is 1.43. The van der Waals surface area contributed by atoms with Crippen LogP contribution in [0, 0.1) is 0 Å². The van der Waals surface area contributed by atoms with E-state index in [2.05, 4.69) is 10.6 Å². The van der Waals surface area contributed by atoms with Crippen LogP contribution in [0.25, 0.3) is 10.4 Å². The summed E-state index contributed by atoms with van der Waals surface area (Å²) < 4.78 is 5.18. The summed E-state index contributed by atoms with van der Waals surface area (Å²) in [5.74, 6) is -0.330. The first-order valence-electron chi connectivity index (χ1n) is 6.54. The van der Waals surface area contributed by atoms with Gasteiger partial charge in [0.1, 0.15) is 10.6 Å². The first-order chi connectivity index (χ1) is 10.2. The molecule has 7 heteroatoms. The van der Waals surface area contributed by atoms with Crippen molar-refractivity contribution in [2.45, 2.75) is 13.8 Å². The molecular formula is C14H16N2O2S3. The van der Waals surface area contributed by atoms with Crippen LogP contribution in [0.3, 0.4) is 0 Å². The lowest BCUT2D eigenvalue weighted by molar-refractivity contribution is 0.0529. The van der Waals surface area contributed by atoms with Gasteiger partial charge in [-0.05, 0) is 37.5 Å². The average Bonchev–Trinajstić information content (AvgIpc) is 3.07. The third-order valence-electron chi connectivity index (χ3n) is 2.62. The van der Waals surface area contributed by atoms with Crippen molar-refractivity contribution in [1.29, 1.82) is 0 Å². The molecule has 2 aromatic heterocycles. The van der Waals surface area contributed by atoms with Crippen molar-refractivity contribution in [3.05, 3.63) is 28.5 Å². The Morgan fingerprint density at radius 1 is 1.38 bits per heavy atom. The van der Waals surface area contributed by atoms with Crippen LogP contribution in [-0.2, 0) is 4.74 Å². The minimum atomic E-state index is -0.330. The maximum atomic E-state index is 12.3. The van der Waals surface area contributed by atoms with Crippen LogP contribution >= 0.6 is 34.9 Å². The molecule has 0 unspecified atom stereocenters. The van der Waals surface area contributed by atoms with Gasteiger partial charge in [0.2, 0.25) is 0 Å². The van der Waals surface area contributed by atoms with Gasteiger partial charge in [0, 0.05) is 22.4 Å². The molecule has 2 heterocycles. The second kappa shape index (κ2) is 7.53. The van der Waals surface area contributed by atoms with Crippen molar-refractivity contribution < 1.29 is 9.53 Å². The lowest BCUT2D eigenvalue weighted by Crippen LogP contribution is -2.28. The maximum Gasteiger partial charge on any atom is 0.341 e. The third kappa shape index (κ3) is 3.81. The highest BCUT2D eigenvalue weighted by Gasteiger charge is 2.22. The molecule has 0 aromatic carbocycles. The molecule has 2 rings (SSSR count). The Balaban J connectivity index is 2.36. The highest BCUT2D eigenvalue weighted by atomic mass is 32.1. The molecule has 0 aliphatic carbocycles. The van der Waals surface area contributed by atoms with Gasteiger partial charge in [-0.15, -0.1) is 22.7 Å². The van der Waals surface area contributed by atoms with Gasteiger partial charge >= 0.3 is 5.97 Å². The zero-order valence-electron chi connectivity index (χ0n) is 11.8. The number of carbonyl (C=O) groups is 1. The van der Waals surface area contributed by atoms with Gasteiger partial charge in [0.15, 0.2) is 5.11 Å². The van der Waals surface area contributed by atoms with Gasteiger partial charge in [-0.3, -0.25) is 0 Å². The number of hydrogen-bond donors (Lipinski definition) is 2. The lowest BCUT2D eigenvalue weighted by Gasteiger charge is -2.10. The average molecular weight is 340 g/mol. The van der Waals surface area contributed by atoms with Crippen LogP contribution < -0.4 is 10.6 Å². The van der Waals surface area contributed by atoms with E-state index in [0.717, 1.165) is 17.0 Å². The summed E-state index contributed by atoms with van der Waals surface area (Å²) >= 11 is 8.23. The fraction of sp³-hybridized carbons (Fsp3) is 0.286. The maximum absolute atomic E-state index is 12.3. The Bertz CT molecular complexity index is 620. The highest BCUT2D eigenvalue weighted by Crippen LogP contribution is 2.38. The quantitative estimate of drug-likeness (QED) is 0.637. The molecule has 0 radical (unpaired) electrons. The Morgan fingerprint density at radius 3 is 2.81 bits per heavy atom. The first-order valence-corrected chi connectivity index (χ1v) is 8.71. The number of carbonyl (C=O) groups excluding carboxylic acids is 1. The van der Waals surface area contributed by atoms with E-state index in [0.29, 0.717) is 22.3 Å². The van der Waals surface area contributed by atoms with Crippen molar-refractivity contribution in [3.8, 4) is 10.4 Å². The fourth-order valence-electron chi connectivity index (χ4n) is 1.78. The summed E-state index contributed by atoms with van der Waals surface area (Å²) in [7, 11) is 0. The lowest BCUT2D eigenvalue weighted by atomic mass is 10.1. The second-order valence-corrected chi connectivity index (χ2v) is 6.27. The largest absolute Gasteiger partial charge is 0.462 e. The second-order valence-electron chi connectivity index (χ2n) is 4.04. The van der Waals surface area contributed by atoms with E-state index in [1.807, 2.05) is 29.8 Å². The van der Waals surface area contributed by atoms with Crippen molar-refractivity contribution in [3.63, 3.8) is 0 Å². The summed E-state index contributed by atoms with van der Waals surface area (Å²) in [6.45, 7) is 4.83. The van der Waals surface area contributed by atoms with Crippen LogP contribution in [0.1, 0.15) is 24.2 Å². The van der Waals surface area contributed by atoms with Crippen LogP contribution in [0.4, 0.5) is 5.00 Å². The molecule has 2 aromatic rings. The standard InChI is InChI=1S/C14H16N2O2S3/c1-3-15-14(19)16-12-11(13(17)18-4-2)9(8-21-12)10-6-5-7-20-10/h5-8H,3-4H2,1-2H3,(H2,15,16,19). The minimum absolute atomic E-state index is 0.330. The van der Waals surface area contributed by atoms with E-state index < -0.39 is 0 Å². The van der Waals surface area contributed by atoms with Crippen molar-refractivity contribution in [2.24, 2.45) is 0 Å². The van der Waals surface area contributed by atoms with Crippen LogP contribution in [0.15, 0.2) is 22.9 Å². The van der Waals surface area contributed by atoms with Gasteiger partial charge < -0.3 is 15.4 Å². The first kappa shape index (κ1) is 15.9. The molecule has 2 N–H and O–H groups in total. The Kier molecular flexibility index (Phi) is 5.72. The van der Waals surface area contributed by atoms with Crippen LogP contribution in [-0.4, -0.2) is 24.2 Å². The van der Waals surface area contributed by atoms with Crippen molar-refractivity contribution in [1.82, 2.24) is 5.32 Å². The van der Waals surface area contributed by atoms with Gasteiger partial charge in [0.25, 0.3) is 0 Å². The van der Waals surface area contributed by atoms with Gasteiger partial charge in [-0.25, -0.2) is 4.79 Å². The number of nitrogens with one attached hydrogen (secondary N) is 2. The highest BCUT2D eigenvalue weighted by molar-refractivity contribution is 7.80. The smallest absolute Gasteiger partial charge is 0.341 e. The molecular weight excluding hydrogens is 324 g/mol. The van der Waals surface area contributed by atoms with Crippen molar-refractivity contribution >= 4 is 51.0 Å². The predicted octanol–water partition coefficient (Wildman–Crippen LogP) is 3.96. The number of esters is 1. The van der Waals surface area contributed by atoms with E-state index in [9.17, 15) is 4.79 Å². The predicted molar refractivity (Wildman–Crippen MR) is 93.5 cm³/mol. The third-order valence-corrected chi connectivity index (χ3v) is 4.67. The zero-order chi connectivity index (χ0) is 15.2. The number of anilines is 1. The molecule has 0 saturated carbocycles. The molecule has 0 bridgehead atoms. The molecule has 4 nitrogen and oxygen atoms in total. The molecule has 0 spiro atoms. The Hall–Kier alpha value is -1.44. The topological polar surface area (TPSA) is 50.4 Å².